The van der Waals surface area contributed by atoms with E-state index in [2.05, 4.69) is 0 Å². The van der Waals surface area contributed by atoms with Gasteiger partial charge in [-0.25, -0.2) is 0 Å². The standard InChI is InChI=1S/2C10H8F2N.2C5H5.Ti/c2*11-9-4-3-5-10(12,8-9)13-6-1-2-7-13;2*1-2-4-5-3-1;/h2*1-8H;2*1-3H,4H2;. The number of allylic oxidation sites excluding steroid dienone is 16. The molecule has 6 rings (SSSR count). The molecule has 0 fully saturated rings. The van der Waals surface area contributed by atoms with Crippen LogP contribution in [0.25, 0.3) is 0 Å². The minimum absolute atomic E-state index is 0.405. The van der Waals surface area contributed by atoms with E-state index in [0.29, 0.717) is 12.8 Å². The van der Waals surface area contributed by atoms with Crippen molar-refractivity contribution >= 4 is 0 Å². The van der Waals surface area contributed by atoms with Crippen LogP contribution in [0.2, 0.25) is 8.45 Å². The second kappa shape index (κ2) is 9.03. The summed E-state index contributed by atoms with van der Waals surface area (Å²) in [7, 11) is 0. The van der Waals surface area contributed by atoms with Crippen molar-refractivity contribution in [2.75, 3.05) is 0 Å². The minimum atomic E-state index is -4.82. The van der Waals surface area contributed by atoms with E-state index in [9.17, 15) is 0 Å². The number of alkyl halides is 2. The van der Waals surface area contributed by atoms with Gasteiger partial charge in [-0.05, 0) is 0 Å². The fraction of sp³-hybridized carbons (Fsp3) is 0.200. The van der Waals surface area contributed by atoms with Crippen molar-refractivity contribution in [2.24, 2.45) is 0 Å². The van der Waals surface area contributed by atoms with Gasteiger partial charge in [0, 0.05) is 0 Å². The molecule has 4 aliphatic rings. The van der Waals surface area contributed by atoms with E-state index in [1.54, 1.807) is 49.1 Å². The maximum absolute atomic E-state index is 17.6. The van der Waals surface area contributed by atoms with Crippen molar-refractivity contribution in [2.45, 2.75) is 32.9 Å². The van der Waals surface area contributed by atoms with Gasteiger partial charge in [0.1, 0.15) is 0 Å². The average Bonchev–Trinajstić information content (AvgIpc) is 3.72. The van der Waals surface area contributed by atoms with Gasteiger partial charge < -0.3 is 0 Å². The first-order chi connectivity index (χ1) is 17.9. The molecule has 0 spiro atoms. The Balaban J connectivity index is 1.71. The van der Waals surface area contributed by atoms with Gasteiger partial charge in [-0.3, -0.25) is 0 Å². The summed E-state index contributed by atoms with van der Waals surface area (Å²) in [4.78, 5) is 0. The topological polar surface area (TPSA) is 9.86 Å². The van der Waals surface area contributed by atoms with Crippen LogP contribution in [-0.4, -0.2) is 9.13 Å². The maximum atomic E-state index is 17.6. The molecule has 0 saturated carbocycles. The van der Waals surface area contributed by atoms with Crippen molar-refractivity contribution in [3.63, 3.8) is 0 Å². The summed E-state index contributed by atoms with van der Waals surface area (Å²) >= 11 is -4.82. The Morgan fingerprint density at radius 1 is 0.622 bits per heavy atom. The van der Waals surface area contributed by atoms with Gasteiger partial charge >= 0.3 is 218 Å². The molecule has 4 atom stereocenters. The molecule has 0 aliphatic heterocycles. The van der Waals surface area contributed by atoms with Gasteiger partial charge in [0.15, 0.2) is 0 Å². The van der Waals surface area contributed by atoms with Crippen molar-refractivity contribution in [3.05, 3.63) is 141 Å². The molecule has 2 nitrogen and oxygen atoms in total. The second-order valence-corrected chi connectivity index (χ2v) is 16.4. The van der Waals surface area contributed by atoms with Crippen LogP contribution in [0.3, 0.4) is 0 Å². The summed E-state index contributed by atoms with van der Waals surface area (Å²) < 4.78 is 69.4. The molecular formula is C30H26F4N2Ti. The van der Waals surface area contributed by atoms with Crippen LogP contribution in [0.5, 0.6) is 0 Å². The number of hydrogen-bond acceptors (Lipinski definition) is 0. The first kappa shape index (κ1) is 24.3. The fourth-order valence-electron chi connectivity index (χ4n) is 6.61. The van der Waals surface area contributed by atoms with E-state index in [4.69, 9.17) is 0 Å². The summed E-state index contributed by atoms with van der Waals surface area (Å²) in [5, 5.41) is 0. The normalized spacial score (nSPS) is 30.9. The molecule has 0 saturated heterocycles. The van der Waals surface area contributed by atoms with Crippen molar-refractivity contribution in [1.29, 1.82) is 0 Å². The molecule has 0 bridgehead atoms. The summed E-state index contributed by atoms with van der Waals surface area (Å²) in [6.45, 7) is 0. The molecule has 0 N–H and O–H groups in total. The van der Waals surface area contributed by atoms with Gasteiger partial charge in [-0.1, -0.05) is 0 Å². The van der Waals surface area contributed by atoms with Crippen molar-refractivity contribution < 1.29 is 34.2 Å². The van der Waals surface area contributed by atoms with E-state index >= 15 is 17.6 Å². The van der Waals surface area contributed by atoms with Crippen LogP contribution >= 0.6 is 0 Å². The van der Waals surface area contributed by atoms with E-state index < -0.39 is 48.3 Å². The second-order valence-electron chi connectivity index (χ2n) is 9.84. The number of halogens is 4. The summed E-state index contributed by atoms with van der Waals surface area (Å²) in [5.41, 5.74) is 0. The van der Waals surface area contributed by atoms with Crippen LogP contribution in [0, 0.1) is 0 Å². The number of nitrogens with zero attached hydrogens (tertiary/aromatic N) is 2. The fourth-order valence-corrected chi connectivity index (χ4v) is 17.1. The molecule has 2 heterocycles. The van der Waals surface area contributed by atoms with Crippen LogP contribution in [0.15, 0.2) is 141 Å². The average molecular weight is 538 g/mol. The molecular weight excluding hydrogens is 512 g/mol. The Hall–Kier alpha value is -3.09. The van der Waals surface area contributed by atoms with E-state index in [1.165, 1.54) is 45.6 Å². The third kappa shape index (κ3) is 3.49. The van der Waals surface area contributed by atoms with Gasteiger partial charge in [0.2, 0.25) is 0 Å². The van der Waals surface area contributed by atoms with E-state index in [0.717, 1.165) is 7.76 Å². The molecule has 0 radical (unpaired) electrons. The van der Waals surface area contributed by atoms with Gasteiger partial charge in [0.25, 0.3) is 0 Å². The molecule has 2 aromatic rings. The van der Waals surface area contributed by atoms with Crippen molar-refractivity contribution in [1.82, 2.24) is 9.13 Å². The predicted molar refractivity (Wildman–Crippen MR) is 135 cm³/mol. The molecule has 2 aromatic heterocycles. The molecule has 7 heteroatoms. The number of hydrogen-bond donors (Lipinski definition) is 0. The molecule has 0 amide bonds. The van der Waals surface area contributed by atoms with Gasteiger partial charge in [-0.15, -0.1) is 0 Å². The molecule has 4 unspecified atom stereocenters. The quantitative estimate of drug-likeness (QED) is 0.258. The monoisotopic (exact) mass is 538 g/mol. The summed E-state index contributed by atoms with van der Waals surface area (Å²) in [6, 6.07) is 6.69. The Labute approximate surface area is 217 Å². The van der Waals surface area contributed by atoms with Crippen LogP contribution in [0.4, 0.5) is 17.6 Å². The Morgan fingerprint density at radius 2 is 1.03 bits per heavy atom. The molecule has 37 heavy (non-hydrogen) atoms. The van der Waals surface area contributed by atoms with E-state index in [1.807, 2.05) is 36.5 Å². The van der Waals surface area contributed by atoms with E-state index in [-0.39, 0.29) is 0 Å². The summed E-state index contributed by atoms with van der Waals surface area (Å²) in [5.74, 6) is -6.07. The number of rotatable bonds is 6. The Morgan fingerprint density at radius 3 is 1.38 bits per heavy atom. The summed E-state index contributed by atoms with van der Waals surface area (Å²) in [6.07, 6.45) is 26.1. The van der Waals surface area contributed by atoms with Crippen LogP contribution < -0.4 is 0 Å². The Kier molecular flexibility index (Phi) is 5.92. The predicted octanol–water partition coefficient (Wildman–Crippen LogP) is 8.50. The zero-order valence-corrected chi connectivity index (χ0v) is 21.6. The zero-order chi connectivity index (χ0) is 25.7. The van der Waals surface area contributed by atoms with Gasteiger partial charge in [0.05, 0.1) is 0 Å². The Bertz CT molecular complexity index is 1330. The molecule has 0 aromatic carbocycles. The first-order valence-electron chi connectivity index (χ1n) is 12.4. The van der Waals surface area contributed by atoms with Crippen LogP contribution in [-0.2, 0) is 28.2 Å². The van der Waals surface area contributed by atoms with Gasteiger partial charge in [-0.2, -0.15) is 0 Å². The first-order valence-corrected chi connectivity index (χ1v) is 15.8. The SMILES string of the molecule is FC1=CC=CC(F)(n2cccc2)[CH]1[Ti]([C]1=CC=CC1)([C]1=CC=CC1)[CH]1C(F)=CC=CC1(F)n1cccc1. The molecule has 4 aliphatic carbocycles. The molecule has 188 valence electrons. The third-order valence-electron chi connectivity index (χ3n) is 8.05. The van der Waals surface area contributed by atoms with Crippen LogP contribution in [0.1, 0.15) is 12.8 Å². The third-order valence-corrected chi connectivity index (χ3v) is 17.5. The zero-order valence-electron chi connectivity index (χ0n) is 20.0. The number of aromatic nitrogens is 2. The van der Waals surface area contributed by atoms with Crippen molar-refractivity contribution in [3.8, 4) is 0 Å².